The number of para-hydroxylation sites is 1. The van der Waals surface area contributed by atoms with Gasteiger partial charge in [0.25, 0.3) is 5.91 Å². The maximum absolute atomic E-state index is 13.4. The van der Waals surface area contributed by atoms with Crippen molar-refractivity contribution in [2.75, 3.05) is 0 Å². The lowest BCUT2D eigenvalue weighted by Gasteiger charge is -2.19. The van der Waals surface area contributed by atoms with E-state index in [-0.39, 0.29) is 11.5 Å². The quantitative estimate of drug-likeness (QED) is 0.324. The third kappa shape index (κ3) is 6.42. The molecule has 0 unspecified atom stereocenters. The van der Waals surface area contributed by atoms with Crippen molar-refractivity contribution in [3.05, 3.63) is 108 Å². The van der Waals surface area contributed by atoms with Crippen LogP contribution in [0.15, 0.2) is 91.2 Å². The van der Waals surface area contributed by atoms with E-state index >= 15 is 0 Å². The number of carbonyl (C=O) groups is 2. The van der Waals surface area contributed by atoms with Gasteiger partial charge in [-0.1, -0.05) is 82.8 Å². The molecular weight excluding hydrogens is 448 g/mol. The second kappa shape index (κ2) is 13.3. The molecule has 2 N–H and O–H groups in total. The van der Waals surface area contributed by atoms with Crippen LogP contribution in [0.1, 0.15) is 73.7 Å². The number of nitrogens with one attached hydrogen (secondary N) is 1. The minimum Gasteiger partial charge on any atom is -0.478 e. The Morgan fingerprint density at radius 2 is 1.72 bits per heavy atom. The molecule has 1 aromatic heterocycles. The van der Waals surface area contributed by atoms with E-state index in [1.807, 2.05) is 83.3 Å². The van der Waals surface area contributed by atoms with Crippen LogP contribution in [-0.4, -0.2) is 21.6 Å². The van der Waals surface area contributed by atoms with E-state index in [0.29, 0.717) is 12.1 Å². The van der Waals surface area contributed by atoms with Crippen LogP contribution in [0.4, 0.5) is 0 Å². The second-order valence-electron chi connectivity index (χ2n) is 8.08. The maximum atomic E-state index is 13.4. The van der Waals surface area contributed by atoms with Crippen LogP contribution in [0.3, 0.4) is 0 Å². The van der Waals surface area contributed by atoms with Crippen LogP contribution in [0.2, 0.25) is 0 Å². The molecule has 5 nitrogen and oxygen atoms in total. The number of fused-ring (bicyclic) bond motifs is 1. The first-order valence-corrected chi connectivity index (χ1v) is 12.7. The van der Waals surface area contributed by atoms with E-state index in [1.165, 1.54) is 0 Å². The average molecular weight is 487 g/mol. The van der Waals surface area contributed by atoms with Crippen molar-refractivity contribution in [3.63, 3.8) is 0 Å². The van der Waals surface area contributed by atoms with Gasteiger partial charge in [-0.3, -0.25) is 4.79 Å². The molecule has 0 bridgehead atoms. The Labute approximate surface area is 214 Å². The van der Waals surface area contributed by atoms with Crippen LogP contribution < -0.4 is 5.32 Å². The van der Waals surface area contributed by atoms with Crippen molar-refractivity contribution in [1.29, 1.82) is 0 Å². The van der Waals surface area contributed by atoms with Crippen molar-refractivity contribution >= 4 is 22.8 Å². The van der Waals surface area contributed by atoms with Gasteiger partial charge in [0.1, 0.15) is 0 Å². The summed E-state index contributed by atoms with van der Waals surface area (Å²) in [5.41, 5.74) is 3.34. The van der Waals surface area contributed by atoms with E-state index in [1.54, 1.807) is 30.3 Å². The number of benzene rings is 2. The number of nitrogens with zero attached hydrogens (tertiary/aromatic N) is 1. The highest BCUT2D eigenvalue weighted by atomic mass is 16.4. The summed E-state index contributed by atoms with van der Waals surface area (Å²) in [6, 6.07) is 14.5. The molecule has 1 heterocycles. The van der Waals surface area contributed by atoms with Crippen LogP contribution >= 0.6 is 0 Å². The third-order valence-electron chi connectivity index (χ3n) is 5.89. The standard InChI is InChI=1S/C27H26N2O3.2C2H6/c1-3-6-19(7-4-2)18-29-17-14-20-8-5-9-23(24(20)29)25(30)28-27(15-16-27)22-12-10-21(11-13-22)26(31)32;2*1-2/h3-14,17H,1,15-16,18H2,2H3,(H,28,30)(H,31,32);2*1-2H3/b7-4-,19-6+;;. The SMILES string of the molecule is C=C/C=C(\C=C/C)Cn1ccc2cccc(C(=O)NC3(c4ccc(C(=O)O)cc4)CC3)c21.CC.CC. The zero-order valence-electron chi connectivity index (χ0n) is 22.0. The summed E-state index contributed by atoms with van der Waals surface area (Å²) in [6.07, 6.45) is 11.4. The summed E-state index contributed by atoms with van der Waals surface area (Å²) >= 11 is 0. The van der Waals surface area contributed by atoms with Gasteiger partial charge in [0.2, 0.25) is 0 Å². The average Bonchev–Trinajstić information content (AvgIpc) is 3.58. The molecule has 1 saturated carbocycles. The number of rotatable bonds is 8. The number of carboxylic acid groups (broad SMARTS) is 1. The molecule has 0 radical (unpaired) electrons. The minimum atomic E-state index is -0.958. The van der Waals surface area contributed by atoms with E-state index < -0.39 is 11.5 Å². The fraction of sp³-hybridized carbons (Fsp3) is 0.290. The Morgan fingerprint density at radius 3 is 2.28 bits per heavy atom. The fourth-order valence-corrected chi connectivity index (χ4v) is 4.13. The lowest BCUT2D eigenvalue weighted by molar-refractivity contribution is 0.0696. The molecule has 4 rings (SSSR count). The first-order valence-electron chi connectivity index (χ1n) is 12.7. The third-order valence-corrected chi connectivity index (χ3v) is 5.89. The van der Waals surface area contributed by atoms with Gasteiger partial charge in [0.05, 0.1) is 22.2 Å². The van der Waals surface area contributed by atoms with E-state index in [4.69, 9.17) is 5.11 Å². The van der Waals surface area contributed by atoms with E-state index in [2.05, 4.69) is 16.5 Å². The molecule has 5 heteroatoms. The molecule has 190 valence electrons. The van der Waals surface area contributed by atoms with Crippen LogP contribution in [0, 0.1) is 0 Å². The molecular formula is C31H38N2O3. The first kappa shape index (κ1) is 28.4. The number of hydrogen-bond acceptors (Lipinski definition) is 2. The summed E-state index contributed by atoms with van der Waals surface area (Å²) in [4.78, 5) is 24.5. The van der Waals surface area contributed by atoms with Crippen molar-refractivity contribution in [1.82, 2.24) is 9.88 Å². The number of aromatic carboxylic acids is 1. The number of hydrogen-bond donors (Lipinski definition) is 2. The smallest absolute Gasteiger partial charge is 0.335 e. The van der Waals surface area contributed by atoms with Crippen LogP contribution in [0.5, 0.6) is 0 Å². The highest BCUT2D eigenvalue weighted by Crippen LogP contribution is 2.45. The summed E-state index contributed by atoms with van der Waals surface area (Å²) in [5.74, 6) is -1.09. The molecule has 1 aliphatic carbocycles. The van der Waals surface area contributed by atoms with Crippen molar-refractivity contribution in [3.8, 4) is 0 Å². The number of amides is 1. The largest absolute Gasteiger partial charge is 0.478 e. The second-order valence-corrected chi connectivity index (χ2v) is 8.08. The number of carbonyl (C=O) groups excluding carboxylic acids is 1. The summed E-state index contributed by atoms with van der Waals surface area (Å²) < 4.78 is 2.08. The van der Waals surface area contributed by atoms with Gasteiger partial charge in [-0.05, 0) is 55.2 Å². The van der Waals surface area contributed by atoms with Crippen molar-refractivity contribution in [2.45, 2.75) is 59.5 Å². The van der Waals surface area contributed by atoms with Gasteiger partial charge in [-0.25, -0.2) is 4.79 Å². The molecule has 36 heavy (non-hydrogen) atoms. The van der Waals surface area contributed by atoms with E-state index in [9.17, 15) is 9.59 Å². The zero-order chi connectivity index (χ0) is 26.7. The molecule has 0 aliphatic heterocycles. The number of carboxylic acids is 1. The van der Waals surface area contributed by atoms with Crippen LogP contribution in [-0.2, 0) is 12.1 Å². The number of allylic oxidation sites excluding steroid dienone is 5. The highest BCUT2D eigenvalue weighted by molar-refractivity contribution is 6.06. The lowest BCUT2D eigenvalue weighted by atomic mass is 10.0. The molecule has 0 saturated heterocycles. The predicted octanol–water partition coefficient (Wildman–Crippen LogP) is 7.50. The van der Waals surface area contributed by atoms with Gasteiger partial charge >= 0.3 is 5.97 Å². The normalized spacial score (nSPS) is 13.8. The van der Waals surface area contributed by atoms with Crippen molar-refractivity contribution < 1.29 is 14.7 Å². The maximum Gasteiger partial charge on any atom is 0.335 e. The first-order chi connectivity index (χ1) is 17.5. The van der Waals surface area contributed by atoms with Crippen molar-refractivity contribution in [2.24, 2.45) is 0 Å². The molecule has 1 amide bonds. The lowest BCUT2D eigenvalue weighted by Crippen LogP contribution is -2.35. The molecule has 1 aliphatic rings. The monoisotopic (exact) mass is 486 g/mol. The topological polar surface area (TPSA) is 71.3 Å². The molecule has 0 atom stereocenters. The summed E-state index contributed by atoms with van der Waals surface area (Å²) in [7, 11) is 0. The summed E-state index contributed by atoms with van der Waals surface area (Å²) in [6.45, 7) is 14.4. The Morgan fingerprint density at radius 1 is 1.06 bits per heavy atom. The summed E-state index contributed by atoms with van der Waals surface area (Å²) in [5, 5.41) is 13.4. The van der Waals surface area contributed by atoms with Gasteiger partial charge < -0.3 is 15.0 Å². The van der Waals surface area contributed by atoms with E-state index in [0.717, 1.165) is 34.9 Å². The minimum absolute atomic E-state index is 0.129. The Bertz CT molecular complexity index is 1240. The van der Waals surface area contributed by atoms with Gasteiger partial charge in [-0.2, -0.15) is 0 Å². The zero-order valence-corrected chi connectivity index (χ0v) is 22.0. The Balaban J connectivity index is 0.00000109. The van der Waals surface area contributed by atoms with Crippen LogP contribution in [0.25, 0.3) is 10.9 Å². The van der Waals surface area contributed by atoms with Gasteiger partial charge in [-0.15, -0.1) is 0 Å². The fourth-order valence-electron chi connectivity index (χ4n) is 4.13. The molecule has 0 spiro atoms. The van der Waals surface area contributed by atoms with Gasteiger partial charge in [0.15, 0.2) is 0 Å². The van der Waals surface area contributed by atoms with Gasteiger partial charge in [0, 0.05) is 18.1 Å². The predicted molar refractivity (Wildman–Crippen MR) is 150 cm³/mol. The Kier molecular flexibility index (Phi) is 10.5. The number of aromatic nitrogens is 1. The molecule has 3 aromatic rings. The Hall–Kier alpha value is -3.86. The molecule has 2 aromatic carbocycles. The molecule has 1 fully saturated rings. The highest BCUT2D eigenvalue weighted by Gasteiger charge is 2.46.